The highest BCUT2D eigenvalue weighted by atomic mass is 16.4. The number of benzene rings is 1. The van der Waals surface area contributed by atoms with Crippen LogP contribution in [0.5, 0.6) is 0 Å². The molecule has 0 bridgehead atoms. The van der Waals surface area contributed by atoms with E-state index >= 15 is 0 Å². The highest BCUT2D eigenvalue weighted by Crippen LogP contribution is 2.41. The molecule has 0 spiro atoms. The van der Waals surface area contributed by atoms with Crippen molar-refractivity contribution in [2.45, 2.75) is 32.1 Å². The number of carbonyl (C=O) groups is 1. The lowest BCUT2D eigenvalue weighted by Crippen LogP contribution is -2.31. The van der Waals surface area contributed by atoms with Crippen LogP contribution >= 0.6 is 0 Å². The van der Waals surface area contributed by atoms with Gasteiger partial charge in [-0.25, -0.2) is 0 Å². The molecule has 0 radical (unpaired) electrons. The van der Waals surface area contributed by atoms with Gasteiger partial charge < -0.3 is 5.11 Å². The van der Waals surface area contributed by atoms with Gasteiger partial charge in [0, 0.05) is 0 Å². The summed E-state index contributed by atoms with van der Waals surface area (Å²) in [5, 5.41) is 9.51. The first-order valence-electron chi connectivity index (χ1n) is 6.09. The van der Waals surface area contributed by atoms with Gasteiger partial charge in [0.15, 0.2) is 0 Å². The summed E-state index contributed by atoms with van der Waals surface area (Å²) >= 11 is 0. The third-order valence-corrected chi connectivity index (χ3v) is 3.69. The minimum absolute atomic E-state index is 0.577. The van der Waals surface area contributed by atoms with Crippen molar-refractivity contribution >= 4 is 5.97 Å². The van der Waals surface area contributed by atoms with Gasteiger partial charge in [0.25, 0.3) is 0 Å². The fourth-order valence-corrected chi connectivity index (χ4v) is 2.71. The minimum atomic E-state index is -0.655. The lowest BCUT2D eigenvalue weighted by atomic mass is 9.80. The topological polar surface area (TPSA) is 37.3 Å². The zero-order valence-electron chi connectivity index (χ0n) is 9.98. The summed E-state index contributed by atoms with van der Waals surface area (Å²) in [7, 11) is 0. The molecule has 1 aromatic rings. The highest BCUT2D eigenvalue weighted by molar-refractivity contribution is 5.77. The predicted octanol–water partition coefficient (Wildman–Crippen LogP) is 3.21. The van der Waals surface area contributed by atoms with E-state index in [1.165, 1.54) is 11.1 Å². The van der Waals surface area contributed by atoms with Crippen molar-refractivity contribution in [3.8, 4) is 0 Å². The largest absolute Gasteiger partial charge is 0.481 e. The van der Waals surface area contributed by atoms with Crippen molar-refractivity contribution < 1.29 is 9.90 Å². The molecule has 0 amide bonds. The number of rotatable bonds is 5. The average molecular weight is 230 g/mol. The lowest BCUT2D eigenvalue weighted by Gasteiger charge is -2.23. The Morgan fingerprint density at radius 3 is 2.41 bits per heavy atom. The zero-order valence-corrected chi connectivity index (χ0v) is 9.98. The van der Waals surface area contributed by atoms with E-state index in [0.717, 1.165) is 19.3 Å². The molecule has 2 nitrogen and oxygen atoms in total. The fourth-order valence-electron chi connectivity index (χ4n) is 2.71. The van der Waals surface area contributed by atoms with Gasteiger partial charge >= 0.3 is 5.97 Å². The number of carboxylic acid groups (broad SMARTS) is 1. The van der Waals surface area contributed by atoms with E-state index in [0.29, 0.717) is 12.8 Å². The van der Waals surface area contributed by atoms with Crippen LogP contribution in [0, 0.1) is 5.41 Å². The normalized spacial score (nSPS) is 16.5. The summed E-state index contributed by atoms with van der Waals surface area (Å²) in [6, 6.07) is 8.07. The third-order valence-electron chi connectivity index (χ3n) is 3.69. The molecule has 0 fully saturated rings. The van der Waals surface area contributed by atoms with Crippen LogP contribution in [0.2, 0.25) is 0 Å². The van der Waals surface area contributed by atoms with Crippen molar-refractivity contribution in [1.29, 1.82) is 0 Å². The molecule has 90 valence electrons. The SMILES string of the molecule is C=CCCCC1(C(=O)O)Cc2ccccc2C1. The van der Waals surface area contributed by atoms with E-state index in [1.54, 1.807) is 0 Å². The molecular weight excluding hydrogens is 212 g/mol. The molecule has 1 aliphatic rings. The Morgan fingerprint density at radius 1 is 1.35 bits per heavy atom. The van der Waals surface area contributed by atoms with Gasteiger partial charge in [0.1, 0.15) is 0 Å². The predicted molar refractivity (Wildman–Crippen MR) is 68.0 cm³/mol. The van der Waals surface area contributed by atoms with Gasteiger partial charge in [-0.2, -0.15) is 0 Å². The maximum absolute atomic E-state index is 11.6. The third kappa shape index (κ3) is 2.26. The van der Waals surface area contributed by atoms with Gasteiger partial charge in [-0.15, -0.1) is 6.58 Å². The summed E-state index contributed by atoms with van der Waals surface area (Å²) in [5.74, 6) is -0.655. The molecule has 2 rings (SSSR count). The zero-order chi connectivity index (χ0) is 12.3. The van der Waals surface area contributed by atoms with E-state index in [-0.39, 0.29) is 0 Å². The fraction of sp³-hybridized carbons (Fsp3) is 0.400. The molecule has 0 unspecified atom stereocenters. The van der Waals surface area contributed by atoms with Crippen molar-refractivity contribution in [3.05, 3.63) is 48.0 Å². The number of unbranched alkanes of at least 4 members (excludes halogenated alkanes) is 1. The van der Waals surface area contributed by atoms with Crippen molar-refractivity contribution in [2.24, 2.45) is 5.41 Å². The quantitative estimate of drug-likeness (QED) is 0.623. The summed E-state index contributed by atoms with van der Waals surface area (Å²) < 4.78 is 0. The van der Waals surface area contributed by atoms with Crippen LogP contribution in [-0.4, -0.2) is 11.1 Å². The molecule has 1 aliphatic carbocycles. The van der Waals surface area contributed by atoms with E-state index in [2.05, 4.69) is 6.58 Å². The molecule has 0 aliphatic heterocycles. The van der Waals surface area contributed by atoms with Crippen LogP contribution in [0.1, 0.15) is 30.4 Å². The number of fused-ring (bicyclic) bond motifs is 1. The Morgan fingerprint density at radius 2 is 1.94 bits per heavy atom. The second-order valence-electron chi connectivity index (χ2n) is 4.89. The van der Waals surface area contributed by atoms with E-state index < -0.39 is 11.4 Å². The smallest absolute Gasteiger partial charge is 0.310 e. The standard InChI is InChI=1S/C15H18O2/c1-2-3-6-9-15(14(16)17)10-12-7-4-5-8-13(12)11-15/h2,4-5,7-8H,1,3,6,9-11H2,(H,16,17). The van der Waals surface area contributed by atoms with E-state index in [1.807, 2.05) is 30.3 Å². The maximum Gasteiger partial charge on any atom is 0.310 e. The van der Waals surface area contributed by atoms with Crippen LogP contribution in [0.15, 0.2) is 36.9 Å². The number of allylic oxidation sites excluding steroid dienone is 1. The molecule has 0 aromatic heterocycles. The average Bonchev–Trinajstić information content (AvgIpc) is 2.69. The van der Waals surface area contributed by atoms with E-state index in [4.69, 9.17) is 0 Å². The van der Waals surface area contributed by atoms with Gasteiger partial charge in [-0.3, -0.25) is 4.79 Å². The first kappa shape index (κ1) is 11.9. The summed E-state index contributed by atoms with van der Waals surface area (Å²) in [5.41, 5.74) is 1.83. The first-order valence-corrected chi connectivity index (χ1v) is 6.09. The molecular formula is C15H18O2. The number of aliphatic carboxylic acids is 1. The van der Waals surface area contributed by atoms with Crippen LogP contribution in [0.25, 0.3) is 0 Å². The van der Waals surface area contributed by atoms with Gasteiger partial charge in [-0.05, 0) is 43.2 Å². The van der Waals surface area contributed by atoms with Crippen LogP contribution in [-0.2, 0) is 17.6 Å². The molecule has 2 heteroatoms. The first-order chi connectivity index (χ1) is 8.18. The van der Waals surface area contributed by atoms with Crippen molar-refractivity contribution in [1.82, 2.24) is 0 Å². The number of hydrogen-bond acceptors (Lipinski definition) is 1. The molecule has 0 saturated heterocycles. The maximum atomic E-state index is 11.6. The lowest BCUT2D eigenvalue weighted by molar-refractivity contribution is -0.149. The molecule has 0 atom stereocenters. The Hall–Kier alpha value is -1.57. The Labute approximate surface area is 102 Å². The molecule has 1 N–H and O–H groups in total. The highest BCUT2D eigenvalue weighted by Gasteiger charge is 2.43. The molecule has 0 heterocycles. The van der Waals surface area contributed by atoms with Crippen LogP contribution in [0.4, 0.5) is 0 Å². The Balaban J connectivity index is 2.17. The summed E-state index contributed by atoms with van der Waals surface area (Å²) in [6.07, 6.45) is 5.75. The summed E-state index contributed by atoms with van der Waals surface area (Å²) in [4.78, 5) is 11.6. The molecule has 17 heavy (non-hydrogen) atoms. The van der Waals surface area contributed by atoms with Gasteiger partial charge in [0.05, 0.1) is 5.41 Å². The monoisotopic (exact) mass is 230 g/mol. The van der Waals surface area contributed by atoms with Gasteiger partial charge in [0.2, 0.25) is 0 Å². The summed E-state index contributed by atoms with van der Waals surface area (Å²) in [6.45, 7) is 3.68. The second kappa shape index (κ2) is 4.74. The van der Waals surface area contributed by atoms with E-state index in [9.17, 15) is 9.90 Å². The van der Waals surface area contributed by atoms with Crippen LogP contribution in [0.3, 0.4) is 0 Å². The Bertz CT molecular complexity index is 409. The van der Waals surface area contributed by atoms with Crippen molar-refractivity contribution in [3.63, 3.8) is 0 Å². The molecule has 1 aromatic carbocycles. The molecule has 0 saturated carbocycles. The minimum Gasteiger partial charge on any atom is -0.481 e. The number of carboxylic acids is 1. The Kier molecular flexibility index (Phi) is 3.32. The second-order valence-corrected chi connectivity index (χ2v) is 4.89. The number of hydrogen-bond donors (Lipinski definition) is 1. The van der Waals surface area contributed by atoms with Crippen LogP contribution < -0.4 is 0 Å². The van der Waals surface area contributed by atoms with Crippen molar-refractivity contribution in [2.75, 3.05) is 0 Å². The van der Waals surface area contributed by atoms with Gasteiger partial charge in [-0.1, -0.05) is 30.3 Å².